The van der Waals surface area contributed by atoms with Gasteiger partial charge in [0.25, 0.3) is 5.91 Å². The molecule has 1 amide bonds. The standard InChI is InChI=1S/C21H18FNO4/c1-12-5-6-13(22)9-18(12)23-20(24)11-26-14-7-8-16-15-3-2-4-17(15)21(25)27-19(16)10-14/h5-10H,2-4,11H2,1H3,(H,23,24). The van der Waals surface area contributed by atoms with E-state index in [1.165, 1.54) is 12.1 Å². The molecule has 0 spiro atoms. The number of hydrogen-bond acceptors (Lipinski definition) is 4. The van der Waals surface area contributed by atoms with Gasteiger partial charge in [-0.25, -0.2) is 9.18 Å². The fourth-order valence-corrected chi connectivity index (χ4v) is 3.42. The predicted octanol–water partition coefficient (Wildman–Crippen LogP) is 3.75. The van der Waals surface area contributed by atoms with Crippen LogP contribution in [0, 0.1) is 12.7 Å². The largest absolute Gasteiger partial charge is 0.484 e. The van der Waals surface area contributed by atoms with Crippen LogP contribution in [0.5, 0.6) is 5.75 Å². The summed E-state index contributed by atoms with van der Waals surface area (Å²) >= 11 is 0. The minimum atomic E-state index is -0.422. The van der Waals surface area contributed by atoms with Gasteiger partial charge in [0, 0.05) is 22.7 Å². The molecule has 0 atom stereocenters. The first-order valence-corrected chi connectivity index (χ1v) is 8.79. The van der Waals surface area contributed by atoms with Crippen LogP contribution in [-0.4, -0.2) is 12.5 Å². The Kier molecular flexibility index (Phi) is 4.39. The zero-order chi connectivity index (χ0) is 19.0. The molecular weight excluding hydrogens is 349 g/mol. The molecule has 0 bridgehead atoms. The number of fused-ring (bicyclic) bond motifs is 3. The second-order valence-electron chi connectivity index (χ2n) is 6.65. The molecule has 0 aliphatic heterocycles. The van der Waals surface area contributed by atoms with Crippen LogP contribution in [0.3, 0.4) is 0 Å². The summed E-state index contributed by atoms with van der Waals surface area (Å²) in [6, 6.07) is 9.42. The molecule has 2 aromatic carbocycles. The maximum atomic E-state index is 13.3. The molecule has 27 heavy (non-hydrogen) atoms. The molecule has 5 nitrogen and oxygen atoms in total. The van der Waals surface area contributed by atoms with Crippen molar-refractivity contribution < 1.29 is 18.3 Å². The molecule has 4 rings (SSSR count). The number of anilines is 1. The highest BCUT2D eigenvalue weighted by Crippen LogP contribution is 2.29. The molecule has 1 aromatic heterocycles. The van der Waals surface area contributed by atoms with Crippen molar-refractivity contribution in [3.63, 3.8) is 0 Å². The maximum absolute atomic E-state index is 13.3. The van der Waals surface area contributed by atoms with Crippen LogP contribution in [0.2, 0.25) is 0 Å². The van der Waals surface area contributed by atoms with Gasteiger partial charge in [-0.2, -0.15) is 0 Å². The Morgan fingerprint density at radius 1 is 1.19 bits per heavy atom. The van der Waals surface area contributed by atoms with Crippen molar-refractivity contribution >= 4 is 22.6 Å². The van der Waals surface area contributed by atoms with Gasteiger partial charge in [0.1, 0.15) is 17.1 Å². The van der Waals surface area contributed by atoms with E-state index in [4.69, 9.17) is 9.15 Å². The van der Waals surface area contributed by atoms with Crippen molar-refractivity contribution in [1.29, 1.82) is 0 Å². The van der Waals surface area contributed by atoms with E-state index in [2.05, 4.69) is 5.32 Å². The molecular formula is C21H18FNO4. The summed E-state index contributed by atoms with van der Waals surface area (Å²) in [6.07, 6.45) is 2.58. The van der Waals surface area contributed by atoms with Crippen LogP contribution in [0.25, 0.3) is 11.0 Å². The summed E-state index contributed by atoms with van der Waals surface area (Å²) < 4.78 is 24.2. The summed E-state index contributed by atoms with van der Waals surface area (Å²) in [7, 11) is 0. The molecule has 3 aromatic rings. The van der Waals surface area contributed by atoms with Crippen LogP contribution >= 0.6 is 0 Å². The first-order chi connectivity index (χ1) is 13.0. The van der Waals surface area contributed by atoms with Gasteiger partial charge in [-0.05, 0) is 61.6 Å². The minimum Gasteiger partial charge on any atom is -0.484 e. The van der Waals surface area contributed by atoms with Gasteiger partial charge in [0.15, 0.2) is 6.61 Å². The van der Waals surface area contributed by atoms with Gasteiger partial charge < -0.3 is 14.5 Å². The molecule has 0 saturated carbocycles. The first-order valence-electron chi connectivity index (χ1n) is 8.79. The molecule has 1 N–H and O–H groups in total. The van der Waals surface area contributed by atoms with E-state index in [1.54, 1.807) is 25.1 Å². The number of hydrogen-bond donors (Lipinski definition) is 1. The van der Waals surface area contributed by atoms with Crippen molar-refractivity contribution in [2.24, 2.45) is 0 Å². The Balaban J connectivity index is 1.49. The summed E-state index contributed by atoms with van der Waals surface area (Å²) in [6.45, 7) is 1.54. The van der Waals surface area contributed by atoms with E-state index >= 15 is 0 Å². The van der Waals surface area contributed by atoms with Crippen LogP contribution < -0.4 is 15.7 Å². The Hall–Kier alpha value is -3.15. The van der Waals surface area contributed by atoms with Crippen LogP contribution in [0.1, 0.15) is 23.1 Å². The molecule has 1 aliphatic rings. The van der Waals surface area contributed by atoms with Gasteiger partial charge in [-0.3, -0.25) is 4.79 Å². The lowest BCUT2D eigenvalue weighted by Crippen LogP contribution is -2.20. The fourth-order valence-electron chi connectivity index (χ4n) is 3.42. The number of rotatable bonds is 4. The number of aryl methyl sites for hydroxylation is 2. The van der Waals surface area contributed by atoms with Crippen LogP contribution in [0.4, 0.5) is 10.1 Å². The minimum absolute atomic E-state index is 0.239. The van der Waals surface area contributed by atoms with E-state index in [1.807, 2.05) is 6.07 Å². The quantitative estimate of drug-likeness (QED) is 0.713. The molecule has 6 heteroatoms. The smallest absolute Gasteiger partial charge is 0.339 e. The van der Waals surface area contributed by atoms with Gasteiger partial charge in [0.2, 0.25) is 0 Å². The van der Waals surface area contributed by atoms with Crippen molar-refractivity contribution in [1.82, 2.24) is 0 Å². The fraction of sp³-hybridized carbons (Fsp3) is 0.238. The van der Waals surface area contributed by atoms with E-state index in [0.717, 1.165) is 41.3 Å². The lowest BCUT2D eigenvalue weighted by Gasteiger charge is -2.10. The second-order valence-corrected chi connectivity index (χ2v) is 6.65. The Morgan fingerprint density at radius 2 is 2.00 bits per heavy atom. The Bertz CT molecular complexity index is 1100. The zero-order valence-electron chi connectivity index (χ0n) is 14.8. The summed E-state index contributed by atoms with van der Waals surface area (Å²) in [5.41, 5.74) is 3.13. The Morgan fingerprint density at radius 3 is 2.85 bits per heavy atom. The van der Waals surface area contributed by atoms with E-state index in [-0.39, 0.29) is 12.2 Å². The maximum Gasteiger partial charge on any atom is 0.339 e. The molecule has 1 heterocycles. The van der Waals surface area contributed by atoms with Crippen molar-refractivity contribution in [3.8, 4) is 5.75 Å². The highest BCUT2D eigenvalue weighted by molar-refractivity contribution is 5.92. The van der Waals surface area contributed by atoms with Crippen LogP contribution in [0.15, 0.2) is 45.6 Å². The normalized spacial score (nSPS) is 12.8. The van der Waals surface area contributed by atoms with E-state index in [0.29, 0.717) is 17.0 Å². The van der Waals surface area contributed by atoms with Crippen molar-refractivity contribution in [3.05, 3.63) is 69.3 Å². The average molecular weight is 367 g/mol. The average Bonchev–Trinajstić information content (AvgIpc) is 3.13. The highest BCUT2D eigenvalue weighted by Gasteiger charge is 2.19. The van der Waals surface area contributed by atoms with Crippen LogP contribution in [-0.2, 0) is 17.6 Å². The second kappa shape index (κ2) is 6.87. The topological polar surface area (TPSA) is 68.5 Å². The lowest BCUT2D eigenvalue weighted by molar-refractivity contribution is -0.118. The summed E-state index contributed by atoms with van der Waals surface area (Å²) in [5.74, 6) is -0.400. The van der Waals surface area contributed by atoms with Gasteiger partial charge >= 0.3 is 5.63 Å². The molecule has 0 saturated heterocycles. The Labute approximate surface area is 154 Å². The molecule has 138 valence electrons. The number of carbonyl (C=O) groups excluding carboxylic acids is 1. The molecule has 0 unspecified atom stereocenters. The third kappa shape index (κ3) is 3.43. The van der Waals surface area contributed by atoms with Crippen molar-refractivity contribution in [2.45, 2.75) is 26.2 Å². The van der Waals surface area contributed by atoms with Gasteiger partial charge in [0.05, 0.1) is 0 Å². The van der Waals surface area contributed by atoms with E-state index in [9.17, 15) is 14.0 Å². The number of ether oxygens (including phenoxy) is 1. The zero-order valence-corrected chi connectivity index (χ0v) is 14.8. The number of amides is 1. The molecule has 0 radical (unpaired) electrons. The van der Waals surface area contributed by atoms with Gasteiger partial charge in [-0.1, -0.05) is 6.07 Å². The number of carbonyl (C=O) groups is 1. The summed E-state index contributed by atoms with van der Waals surface area (Å²) in [4.78, 5) is 24.2. The number of halogens is 1. The SMILES string of the molecule is Cc1ccc(F)cc1NC(=O)COc1ccc2c3c(c(=O)oc2c1)CCC3. The van der Waals surface area contributed by atoms with E-state index < -0.39 is 11.7 Å². The van der Waals surface area contributed by atoms with Gasteiger partial charge in [-0.15, -0.1) is 0 Å². The van der Waals surface area contributed by atoms with Crippen molar-refractivity contribution in [2.75, 3.05) is 11.9 Å². The highest BCUT2D eigenvalue weighted by atomic mass is 19.1. The molecule has 1 aliphatic carbocycles. The number of benzene rings is 2. The first kappa shape index (κ1) is 17.3. The third-order valence-electron chi connectivity index (χ3n) is 4.79. The summed E-state index contributed by atoms with van der Waals surface area (Å²) in [5, 5.41) is 3.54. The number of nitrogens with one attached hydrogen (secondary N) is 1. The monoisotopic (exact) mass is 367 g/mol. The third-order valence-corrected chi connectivity index (χ3v) is 4.79. The predicted molar refractivity (Wildman–Crippen MR) is 99.8 cm³/mol. The molecule has 0 fully saturated rings. The lowest BCUT2D eigenvalue weighted by atomic mass is 10.1.